The number of rotatable bonds is 5. The summed E-state index contributed by atoms with van der Waals surface area (Å²) in [6.07, 6.45) is 7.29. The molecule has 3 aromatic rings. The third kappa shape index (κ3) is 20.1. The number of benzene rings is 2. The zero-order valence-corrected chi connectivity index (χ0v) is 26.4. The lowest BCUT2D eigenvalue weighted by molar-refractivity contribution is 0.886. The standard InChI is InChI=1S/C20H21N.2C4H10.C2H6N2.2C2H6/c1-4-16-9-10-20-19(11-16)13-18(15(3)21-20)12-17-7-5-14(2)6-8-17;2*1-3-4-2;1-2(3)4;2*1-2/h5-11,13H,4,12H2,1-3H3;2*3-4H2,1-2H3;1H3,(H3,3,4);2*1-2H3. The summed E-state index contributed by atoms with van der Waals surface area (Å²) in [5.41, 5.74) is 12.3. The molecule has 0 aliphatic carbocycles. The molecule has 3 nitrogen and oxygen atoms in total. The first-order chi connectivity index (χ1) is 17.7. The molecule has 2 aromatic carbocycles. The summed E-state index contributed by atoms with van der Waals surface area (Å²) in [5, 5.41) is 7.53. The molecule has 210 valence electrons. The molecule has 3 rings (SSSR count). The second kappa shape index (κ2) is 26.4. The first kappa shape index (κ1) is 38.8. The third-order valence-electron chi connectivity index (χ3n) is 5.10. The molecule has 0 unspecified atom stereocenters. The molecule has 0 fully saturated rings. The first-order valence-corrected chi connectivity index (χ1v) is 14.5. The Kier molecular flexibility index (Phi) is 27.7. The lowest BCUT2D eigenvalue weighted by atomic mass is 10.00. The molecule has 1 heterocycles. The molecule has 0 saturated carbocycles. The Balaban J connectivity index is -0.000000601. The van der Waals surface area contributed by atoms with Gasteiger partial charge in [0, 0.05) is 11.1 Å². The number of nitrogens with one attached hydrogen (secondary N) is 1. The van der Waals surface area contributed by atoms with Gasteiger partial charge < -0.3 is 5.73 Å². The third-order valence-corrected chi connectivity index (χ3v) is 5.10. The molecule has 0 spiro atoms. The van der Waals surface area contributed by atoms with Crippen LogP contribution < -0.4 is 5.73 Å². The molecule has 1 aromatic heterocycles. The number of nitrogens with two attached hydrogens (primary N) is 1. The van der Waals surface area contributed by atoms with Crippen LogP contribution in [0.3, 0.4) is 0 Å². The highest BCUT2D eigenvalue weighted by Crippen LogP contribution is 2.21. The Morgan fingerprint density at radius 3 is 1.57 bits per heavy atom. The van der Waals surface area contributed by atoms with Crippen molar-refractivity contribution in [2.45, 2.75) is 122 Å². The van der Waals surface area contributed by atoms with Crippen LogP contribution in [-0.4, -0.2) is 10.8 Å². The van der Waals surface area contributed by atoms with Crippen molar-refractivity contribution in [3.63, 3.8) is 0 Å². The largest absolute Gasteiger partial charge is 0.388 e. The first-order valence-electron chi connectivity index (χ1n) is 14.5. The highest BCUT2D eigenvalue weighted by molar-refractivity contribution is 5.80. The summed E-state index contributed by atoms with van der Waals surface area (Å²) in [6.45, 7) is 24.7. The van der Waals surface area contributed by atoms with Crippen molar-refractivity contribution in [1.82, 2.24) is 4.98 Å². The maximum atomic E-state index is 6.28. The predicted octanol–water partition coefficient (Wildman–Crippen LogP) is 10.6. The van der Waals surface area contributed by atoms with Gasteiger partial charge in [0.1, 0.15) is 0 Å². The van der Waals surface area contributed by atoms with Crippen LogP contribution in [-0.2, 0) is 12.8 Å². The number of aromatic nitrogens is 1. The number of hydrogen-bond donors (Lipinski definition) is 2. The summed E-state index contributed by atoms with van der Waals surface area (Å²) in [7, 11) is 0. The van der Waals surface area contributed by atoms with Gasteiger partial charge in [-0.25, -0.2) is 0 Å². The van der Waals surface area contributed by atoms with Gasteiger partial charge in [-0.3, -0.25) is 10.4 Å². The van der Waals surface area contributed by atoms with E-state index in [1.165, 1.54) is 60.2 Å². The fourth-order valence-electron chi connectivity index (χ4n) is 2.69. The molecule has 0 aliphatic heterocycles. The van der Waals surface area contributed by atoms with Crippen molar-refractivity contribution in [2.75, 3.05) is 0 Å². The van der Waals surface area contributed by atoms with Gasteiger partial charge in [0.25, 0.3) is 0 Å². The summed E-state index contributed by atoms with van der Waals surface area (Å²) in [4.78, 5) is 4.76. The van der Waals surface area contributed by atoms with E-state index in [0.717, 1.165) is 24.1 Å². The predicted molar refractivity (Wildman–Crippen MR) is 171 cm³/mol. The lowest BCUT2D eigenvalue weighted by Crippen LogP contribution is -2.00. The molecule has 3 heteroatoms. The monoisotopic (exact) mass is 509 g/mol. The Morgan fingerprint density at radius 2 is 1.16 bits per heavy atom. The second-order valence-electron chi connectivity index (χ2n) is 8.46. The number of unbranched alkanes of at least 4 members (excludes halogenated alkanes) is 2. The zero-order valence-electron chi connectivity index (χ0n) is 26.4. The van der Waals surface area contributed by atoms with E-state index >= 15 is 0 Å². The molecule has 0 aliphatic rings. The minimum absolute atomic E-state index is 0.167. The van der Waals surface area contributed by atoms with Crippen LogP contribution in [0.2, 0.25) is 0 Å². The minimum atomic E-state index is 0.167. The van der Waals surface area contributed by atoms with E-state index in [9.17, 15) is 0 Å². The average Bonchev–Trinajstić information content (AvgIpc) is 2.92. The second-order valence-corrected chi connectivity index (χ2v) is 8.46. The van der Waals surface area contributed by atoms with E-state index in [4.69, 9.17) is 16.1 Å². The van der Waals surface area contributed by atoms with Crippen molar-refractivity contribution < 1.29 is 0 Å². The molecule has 3 N–H and O–H groups in total. The van der Waals surface area contributed by atoms with E-state index < -0.39 is 0 Å². The number of nitrogens with zero attached hydrogens (tertiary/aromatic N) is 1. The van der Waals surface area contributed by atoms with Gasteiger partial charge >= 0.3 is 0 Å². The summed E-state index contributed by atoms with van der Waals surface area (Å²) >= 11 is 0. The molecule has 0 radical (unpaired) electrons. The maximum absolute atomic E-state index is 6.28. The molecular formula is C34H59N3. The molecule has 0 bridgehead atoms. The Bertz CT molecular complexity index is 916. The van der Waals surface area contributed by atoms with Crippen LogP contribution in [0.1, 0.15) is 123 Å². The molecule has 0 saturated heterocycles. The van der Waals surface area contributed by atoms with Crippen LogP contribution in [0.25, 0.3) is 10.9 Å². The van der Waals surface area contributed by atoms with Gasteiger partial charge in [0.2, 0.25) is 0 Å². The number of hydrogen-bond acceptors (Lipinski definition) is 2. The number of fused-ring (bicyclic) bond motifs is 1. The van der Waals surface area contributed by atoms with E-state index in [1.807, 2.05) is 27.7 Å². The SMILES string of the molecule is CC.CC.CC(=N)N.CCCC.CCCC.CCc1ccc2nc(C)c(Cc3ccc(C)cc3)cc2c1. The van der Waals surface area contributed by atoms with Crippen molar-refractivity contribution in [1.29, 1.82) is 5.41 Å². The van der Waals surface area contributed by atoms with Crippen molar-refractivity contribution in [3.8, 4) is 0 Å². The van der Waals surface area contributed by atoms with Crippen LogP contribution in [0.5, 0.6) is 0 Å². The van der Waals surface area contributed by atoms with Gasteiger partial charge in [0.15, 0.2) is 0 Å². The molecule has 0 atom stereocenters. The Hall–Kier alpha value is -2.68. The summed E-state index contributed by atoms with van der Waals surface area (Å²) in [5.74, 6) is 0.167. The van der Waals surface area contributed by atoms with E-state index in [2.05, 4.69) is 97.0 Å². The molecular weight excluding hydrogens is 450 g/mol. The van der Waals surface area contributed by atoms with Crippen LogP contribution in [0.15, 0.2) is 48.5 Å². The lowest BCUT2D eigenvalue weighted by Gasteiger charge is -2.09. The van der Waals surface area contributed by atoms with Gasteiger partial charge in [0.05, 0.1) is 11.4 Å². The minimum Gasteiger partial charge on any atom is -0.388 e. The van der Waals surface area contributed by atoms with Crippen LogP contribution in [0.4, 0.5) is 0 Å². The zero-order chi connectivity index (χ0) is 29.2. The van der Waals surface area contributed by atoms with Crippen molar-refractivity contribution >= 4 is 16.7 Å². The summed E-state index contributed by atoms with van der Waals surface area (Å²) in [6, 6.07) is 17.6. The summed E-state index contributed by atoms with van der Waals surface area (Å²) < 4.78 is 0. The van der Waals surface area contributed by atoms with Crippen LogP contribution in [0, 0.1) is 19.3 Å². The highest BCUT2D eigenvalue weighted by Gasteiger charge is 2.05. The number of aryl methyl sites for hydroxylation is 3. The topological polar surface area (TPSA) is 62.8 Å². The Morgan fingerprint density at radius 1 is 0.730 bits per heavy atom. The Labute approximate surface area is 230 Å². The normalized spacial score (nSPS) is 8.86. The van der Waals surface area contributed by atoms with E-state index in [1.54, 1.807) is 0 Å². The van der Waals surface area contributed by atoms with Gasteiger partial charge in [-0.15, -0.1) is 0 Å². The van der Waals surface area contributed by atoms with Crippen LogP contribution >= 0.6 is 0 Å². The molecule has 37 heavy (non-hydrogen) atoms. The van der Waals surface area contributed by atoms with Crippen molar-refractivity contribution in [3.05, 3.63) is 76.5 Å². The fourth-order valence-corrected chi connectivity index (χ4v) is 2.69. The van der Waals surface area contributed by atoms with Gasteiger partial charge in [-0.1, -0.05) is 124 Å². The highest BCUT2D eigenvalue weighted by atomic mass is 14.7. The average molecular weight is 510 g/mol. The van der Waals surface area contributed by atoms with Gasteiger partial charge in [-0.2, -0.15) is 0 Å². The van der Waals surface area contributed by atoms with E-state index in [0.29, 0.717) is 0 Å². The maximum Gasteiger partial charge on any atom is 0.0873 e. The smallest absolute Gasteiger partial charge is 0.0873 e. The fraction of sp³-hybridized carbons (Fsp3) is 0.529. The number of pyridine rings is 1. The van der Waals surface area contributed by atoms with E-state index in [-0.39, 0.29) is 5.84 Å². The molecule has 0 amide bonds. The number of amidine groups is 1. The van der Waals surface area contributed by atoms with Crippen molar-refractivity contribution in [2.24, 2.45) is 5.73 Å². The van der Waals surface area contributed by atoms with Gasteiger partial charge in [-0.05, 0) is 68.5 Å². The quantitative estimate of drug-likeness (QED) is 0.265.